The van der Waals surface area contributed by atoms with E-state index in [1.165, 1.54) is 0 Å². The molecule has 0 bridgehead atoms. The number of pyridine rings is 1. The summed E-state index contributed by atoms with van der Waals surface area (Å²) in [5, 5.41) is 0. The molecule has 0 saturated carbocycles. The Morgan fingerprint density at radius 3 is 2.50 bits per heavy atom. The predicted octanol–water partition coefficient (Wildman–Crippen LogP) is 3.02. The van der Waals surface area contributed by atoms with Crippen LogP contribution >= 0.6 is 15.9 Å². The van der Waals surface area contributed by atoms with Gasteiger partial charge in [0.05, 0.1) is 11.9 Å². The first-order chi connectivity index (χ1) is 6.79. The Morgan fingerprint density at radius 1 is 1.36 bits per heavy atom. The van der Waals surface area contributed by atoms with Crippen LogP contribution in [-0.2, 0) is 0 Å². The lowest BCUT2D eigenvalue weighted by atomic mass is 10.3. The number of hydrogen-bond donors (Lipinski definition) is 0. The van der Waals surface area contributed by atoms with Crippen LogP contribution in [0.4, 0.5) is 5.69 Å². The number of aromatic nitrogens is 1. The molecule has 0 spiro atoms. The van der Waals surface area contributed by atoms with E-state index in [4.69, 9.17) is 0 Å². The van der Waals surface area contributed by atoms with Crippen LogP contribution in [0.3, 0.4) is 0 Å². The molecule has 0 saturated heterocycles. The first-order valence-electron chi connectivity index (χ1n) is 4.36. The second-order valence-corrected chi connectivity index (χ2v) is 3.66. The zero-order chi connectivity index (χ0) is 10.4. The average molecular weight is 253 g/mol. The van der Waals surface area contributed by atoms with Gasteiger partial charge in [0, 0.05) is 23.8 Å². The standard InChI is InChI=1S/C11H13BrN2/c1-3-7-14(8-4-2)11-9-13-6-5-10(11)12/h3-6,9H,1-2,7-8H2. The lowest BCUT2D eigenvalue weighted by molar-refractivity contribution is 0.946. The van der Waals surface area contributed by atoms with Crippen molar-refractivity contribution in [3.8, 4) is 0 Å². The molecule has 0 aliphatic carbocycles. The molecule has 0 N–H and O–H groups in total. The maximum absolute atomic E-state index is 4.09. The molecular formula is C11H13BrN2. The van der Waals surface area contributed by atoms with Crippen LogP contribution in [-0.4, -0.2) is 18.1 Å². The van der Waals surface area contributed by atoms with Gasteiger partial charge in [-0.05, 0) is 22.0 Å². The summed E-state index contributed by atoms with van der Waals surface area (Å²) in [5.74, 6) is 0. The molecule has 0 amide bonds. The van der Waals surface area contributed by atoms with Crippen LogP contribution < -0.4 is 4.90 Å². The smallest absolute Gasteiger partial charge is 0.0702 e. The third-order valence-electron chi connectivity index (χ3n) is 1.79. The Labute approximate surface area is 93.1 Å². The normalized spacial score (nSPS) is 9.50. The summed E-state index contributed by atoms with van der Waals surface area (Å²) < 4.78 is 1.04. The van der Waals surface area contributed by atoms with Gasteiger partial charge in [0.15, 0.2) is 0 Å². The average Bonchev–Trinajstić information content (AvgIpc) is 2.18. The Balaban J connectivity index is 2.91. The Hall–Kier alpha value is -1.09. The van der Waals surface area contributed by atoms with Crippen LogP contribution in [0.15, 0.2) is 48.2 Å². The first-order valence-corrected chi connectivity index (χ1v) is 5.15. The quantitative estimate of drug-likeness (QED) is 0.750. The van der Waals surface area contributed by atoms with E-state index in [1.807, 2.05) is 24.4 Å². The van der Waals surface area contributed by atoms with E-state index in [2.05, 4.69) is 39.0 Å². The van der Waals surface area contributed by atoms with E-state index in [1.54, 1.807) is 6.20 Å². The minimum absolute atomic E-state index is 0.788. The maximum atomic E-state index is 4.09. The van der Waals surface area contributed by atoms with Crippen LogP contribution in [0.5, 0.6) is 0 Å². The maximum Gasteiger partial charge on any atom is 0.0702 e. The van der Waals surface area contributed by atoms with Gasteiger partial charge in [0.2, 0.25) is 0 Å². The van der Waals surface area contributed by atoms with E-state index in [-0.39, 0.29) is 0 Å². The number of halogens is 1. The fraction of sp³-hybridized carbons (Fsp3) is 0.182. The molecule has 0 aliphatic heterocycles. The van der Waals surface area contributed by atoms with Gasteiger partial charge < -0.3 is 4.90 Å². The molecule has 1 aromatic rings. The SMILES string of the molecule is C=CCN(CC=C)c1cnccc1Br. The molecule has 0 aromatic carbocycles. The lowest BCUT2D eigenvalue weighted by Crippen LogP contribution is -2.23. The molecule has 0 fully saturated rings. The zero-order valence-corrected chi connectivity index (χ0v) is 9.57. The van der Waals surface area contributed by atoms with Crippen molar-refractivity contribution in [3.63, 3.8) is 0 Å². The van der Waals surface area contributed by atoms with E-state index in [0.29, 0.717) is 0 Å². The van der Waals surface area contributed by atoms with Crippen molar-refractivity contribution in [2.45, 2.75) is 0 Å². The summed E-state index contributed by atoms with van der Waals surface area (Å²) in [5.41, 5.74) is 1.06. The molecular weight excluding hydrogens is 240 g/mol. The minimum Gasteiger partial charge on any atom is -0.362 e. The second-order valence-electron chi connectivity index (χ2n) is 2.81. The van der Waals surface area contributed by atoms with Crippen LogP contribution in [0.2, 0.25) is 0 Å². The summed E-state index contributed by atoms with van der Waals surface area (Å²) >= 11 is 3.49. The van der Waals surface area contributed by atoms with E-state index in [0.717, 1.165) is 23.2 Å². The van der Waals surface area contributed by atoms with Crippen molar-refractivity contribution in [3.05, 3.63) is 48.2 Å². The summed E-state index contributed by atoms with van der Waals surface area (Å²) in [6.07, 6.45) is 7.32. The predicted molar refractivity (Wildman–Crippen MR) is 64.5 cm³/mol. The van der Waals surface area contributed by atoms with E-state index in [9.17, 15) is 0 Å². The molecule has 74 valence electrons. The van der Waals surface area contributed by atoms with Crippen molar-refractivity contribution in [2.75, 3.05) is 18.0 Å². The number of anilines is 1. The number of hydrogen-bond acceptors (Lipinski definition) is 2. The molecule has 1 heterocycles. The van der Waals surface area contributed by atoms with Gasteiger partial charge in [-0.25, -0.2) is 0 Å². The van der Waals surface area contributed by atoms with Crippen molar-refractivity contribution in [1.82, 2.24) is 4.98 Å². The molecule has 0 radical (unpaired) electrons. The lowest BCUT2D eigenvalue weighted by Gasteiger charge is -2.22. The third kappa shape index (κ3) is 2.70. The highest BCUT2D eigenvalue weighted by molar-refractivity contribution is 9.10. The Morgan fingerprint density at radius 2 is 2.00 bits per heavy atom. The summed E-state index contributed by atoms with van der Waals surface area (Å²) in [6.45, 7) is 9.03. The van der Waals surface area contributed by atoms with Gasteiger partial charge in [-0.1, -0.05) is 12.2 Å². The largest absolute Gasteiger partial charge is 0.362 e. The summed E-state index contributed by atoms with van der Waals surface area (Å²) in [6, 6.07) is 1.93. The van der Waals surface area contributed by atoms with E-state index < -0.39 is 0 Å². The van der Waals surface area contributed by atoms with Gasteiger partial charge in [0.25, 0.3) is 0 Å². The number of rotatable bonds is 5. The van der Waals surface area contributed by atoms with Gasteiger partial charge in [-0.2, -0.15) is 0 Å². The molecule has 0 aliphatic rings. The van der Waals surface area contributed by atoms with Crippen molar-refractivity contribution in [2.24, 2.45) is 0 Å². The van der Waals surface area contributed by atoms with Crippen LogP contribution in [0, 0.1) is 0 Å². The highest BCUT2D eigenvalue weighted by Gasteiger charge is 2.06. The molecule has 0 atom stereocenters. The van der Waals surface area contributed by atoms with Crippen molar-refractivity contribution >= 4 is 21.6 Å². The van der Waals surface area contributed by atoms with Gasteiger partial charge in [0.1, 0.15) is 0 Å². The van der Waals surface area contributed by atoms with Crippen LogP contribution in [0.25, 0.3) is 0 Å². The Kier molecular flexibility index (Phi) is 4.40. The van der Waals surface area contributed by atoms with Crippen LogP contribution in [0.1, 0.15) is 0 Å². The highest BCUT2D eigenvalue weighted by Crippen LogP contribution is 2.24. The first kappa shape index (κ1) is 11.0. The van der Waals surface area contributed by atoms with Crippen molar-refractivity contribution < 1.29 is 0 Å². The van der Waals surface area contributed by atoms with Crippen molar-refractivity contribution in [1.29, 1.82) is 0 Å². The van der Waals surface area contributed by atoms with E-state index >= 15 is 0 Å². The minimum atomic E-state index is 0.788. The fourth-order valence-corrected chi connectivity index (χ4v) is 1.66. The Bertz CT molecular complexity index is 313. The highest BCUT2D eigenvalue weighted by atomic mass is 79.9. The molecule has 2 nitrogen and oxygen atoms in total. The molecule has 1 rings (SSSR count). The van der Waals surface area contributed by atoms with Gasteiger partial charge >= 0.3 is 0 Å². The molecule has 14 heavy (non-hydrogen) atoms. The molecule has 0 unspecified atom stereocenters. The fourth-order valence-electron chi connectivity index (χ4n) is 1.18. The zero-order valence-electron chi connectivity index (χ0n) is 7.99. The number of nitrogens with zero attached hydrogens (tertiary/aromatic N) is 2. The molecule has 1 aromatic heterocycles. The summed E-state index contributed by atoms with van der Waals surface area (Å²) in [4.78, 5) is 6.23. The second kappa shape index (κ2) is 5.60. The topological polar surface area (TPSA) is 16.1 Å². The monoisotopic (exact) mass is 252 g/mol. The van der Waals surface area contributed by atoms with Gasteiger partial charge in [-0.3, -0.25) is 4.98 Å². The third-order valence-corrected chi connectivity index (χ3v) is 2.46. The molecule has 3 heteroatoms. The van der Waals surface area contributed by atoms with Gasteiger partial charge in [-0.15, -0.1) is 13.2 Å². The summed E-state index contributed by atoms with van der Waals surface area (Å²) in [7, 11) is 0.